The van der Waals surface area contributed by atoms with E-state index in [1.54, 1.807) is 12.1 Å². The smallest absolute Gasteiger partial charge is 0.211 e. The summed E-state index contributed by atoms with van der Waals surface area (Å²) in [5.74, 6) is 0.291. The van der Waals surface area contributed by atoms with Gasteiger partial charge in [0.1, 0.15) is 11.7 Å². The molecule has 0 aliphatic heterocycles. The van der Waals surface area contributed by atoms with Crippen molar-refractivity contribution in [1.82, 2.24) is 4.98 Å². The zero-order valence-electron chi connectivity index (χ0n) is 10.8. The molecule has 5 nitrogen and oxygen atoms in total. The molecule has 0 unspecified atom stereocenters. The van der Waals surface area contributed by atoms with Crippen LogP contribution in [0, 0.1) is 19.3 Å². The molecule has 0 spiro atoms. The molecule has 19 heavy (non-hydrogen) atoms. The first kappa shape index (κ1) is 13.2. The molecule has 0 radical (unpaired) electrons. The van der Waals surface area contributed by atoms with Crippen molar-refractivity contribution in [3.63, 3.8) is 0 Å². The maximum Gasteiger partial charge on any atom is 0.211 e. The lowest BCUT2D eigenvalue weighted by Gasteiger charge is -2.06. The van der Waals surface area contributed by atoms with E-state index in [0.29, 0.717) is 22.1 Å². The lowest BCUT2D eigenvalue weighted by atomic mass is 10.1. The molecule has 0 fully saturated rings. The number of hydrogen-bond donors (Lipinski definition) is 3. The Hall–Kier alpha value is -2.21. The van der Waals surface area contributed by atoms with Crippen LogP contribution in [-0.4, -0.2) is 16.7 Å². The topological polar surface area (TPSA) is 101 Å². The van der Waals surface area contributed by atoms with Crippen molar-refractivity contribution in [2.24, 2.45) is 16.5 Å². The minimum absolute atomic E-state index is 0.0275. The summed E-state index contributed by atoms with van der Waals surface area (Å²) >= 11 is 1.49. The van der Waals surface area contributed by atoms with Crippen molar-refractivity contribution in [2.45, 2.75) is 13.8 Å². The van der Waals surface area contributed by atoms with E-state index in [9.17, 15) is 0 Å². The molecule has 98 valence electrons. The normalized spacial score (nSPS) is 11.6. The molecule has 0 aliphatic rings. The Morgan fingerprint density at radius 1 is 1.21 bits per heavy atom. The van der Waals surface area contributed by atoms with Crippen LogP contribution in [0.1, 0.15) is 21.7 Å². The summed E-state index contributed by atoms with van der Waals surface area (Å²) in [7, 11) is 0. The van der Waals surface area contributed by atoms with Crippen LogP contribution in [0.2, 0.25) is 0 Å². The second-order valence-corrected chi connectivity index (χ2v) is 5.28. The van der Waals surface area contributed by atoms with Gasteiger partial charge in [0.15, 0.2) is 0 Å². The van der Waals surface area contributed by atoms with Crippen LogP contribution in [0.4, 0.5) is 5.13 Å². The minimum Gasteiger partial charge on any atom is -0.384 e. The fraction of sp³-hybridized carbons (Fsp3) is 0.154. The van der Waals surface area contributed by atoms with Crippen LogP contribution < -0.4 is 11.5 Å². The molecule has 1 aromatic carbocycles. The van der Waals surface area contributed by atoms with Gasteiger partial charge in [0.05, 0.1) is 5.69 Å². The summed E-state index contributed by atoms with van der Waals surface area (Å²) in [6.45, 7) is 3.93. The van der Waals surface area contributed by atoms with Gasteiger partial charge in [-0.3, -0.25) is 5.41 Å². The van der Waals surface area contributed by atoms with Gasteiger partial charge in [-0.2, -0.15) is 0 Å². The van der Waals surface area contributed by atoms with Crippen LogP contribution in [-0.2, 0) is 0 Å². The van der Waals surface area contributed by atoms with Gasteiger partial charge in [-0.05, 0) is 13.8 Å². The first-order valence-electron chi connectivity index (χ1n) is 5.71. The average Bonchev–Trinajstić information content (AvgIpc) is 2.68. The summed E-state index contributed by atoms with van der Waals surface area (Å²) in [5.41, 5.74) is 13.7. The van der Waals surface area contributed by atoms with E-state index in [0.717, 1.165) is 10.6 Å². The molecule has 0 bridgehead atoms. The van der Waals surface area contributed by atoms with E-state index in [1.807, 2.05) is 26.0 Å². The number of nitrogens with two attached hydrogens (primary N) is 2. The number of nitrogen functional groups attached to an aromatic ring is 1. The molecular formula is C13H15N5S. The summed E-state index contributed by atoms with van der Waals surface area (Å²) in [6, 6.07) is 7.19. The molecule has 0 amide bonds. The fourth-order valence-electron chi connectivity index (χ4n) is 1.61. The maximum atomic E-state index is 7.54. The molecular weight excluding hydrogens is 258 g/mol. The third-order valence-corrected chi connectivity index (χ3v) is 3.69. The van der Waals surface area contributed by atoms with Gasteiger partial charge in [-0.15, -0.1) is 0 Å². The largest absolute Gasteiger partial charge is 0.384 e. The highest BCUT2D eigenvalue weighted by atomic mass is 32.1. The third-order valence-electron chi connectivity index (χ3n) is 2.73. The van der Waals surface area contributed by atoms with Crippen molar-refractivity contribution < 1.29 is 0 Å². The average molecular weight is 273 g/mol. The number of aryl methyl sites for hydroxylation is 2. The van der Waals surface area contributed by atoms with E-state index in [-0.39, 0.29) is 5.84 Å². The molecule has 0 atom stereocenters. The number of nitrogens with one attached hydrogen (secondary N) is 1. The maximum absolute atomic E-state index is 7.54. The highest BCUT2D eigenvalue weighted by Crippen LogP contribution is 2.24. The summed E-state index contributed by atoms with van der Waals surface area (Å²) in [6.07, 6.45) is 0. The van der Waals surface area contributed by atoms with Crippen molar-refractivity contribution in [3.05, 3.63) is 46.0 Å². The van der Waals surface area contributed by atoms with Gasteiger partial charge in [0, 0.05) is 16.0 Å². The summed E-state index contributed by atoms with van der Waals surface area (Å²) in [5, 5.41) is 8.16. The number of thiazole rings is 1. The van der Waals surface area contributed by atoms with Gasteiger partial charge in [-0.1, -0.05) is 35.6 Å². The molecule has 0 aliphatic carbocycles. The number of amidine groups is 2. The zero-order valence-corrected chi connectivity index (χ0v) is 11.6. The molecule has 1 heterocycles. The Morgan fingerprint density at radius 3 is 2.37 bits per heavy atom. The molecule has 2 rings (SSSR count). The van der Waals surface area contributed by atoms with Crippen LogP contribution in [0.3, 0.4) is 0 Å². The Balaban J connectivity index is 2.44. The minimum atomic E-state index is -0.0275. The lowest BCUT2D eigenvalue weighted by Crippen LogP contribution is -2.21. The number of hydrogen-bond acceptors (Lipinski definition) is 4. The van der Waals surface area contributed by atoms with E-state index < -0.39 is 0 Å². The Kier molecular flexibility index (Phi) is 3.62. The molecule has 0 saturated carbocycles. The Labute approximate surface area is 115 Å². The van der Waals surface area contributed by atoms with Crippen molar-refractivity contribution in [3.8, 4) is 0 Å². The number of nitrogens with zero attached hydrogens (tertiary/aromatic N) is 2. The Bertz CT molecular complexity index is 637. The quantitative estimate of drug-likeness (QED) is 0.589. The second kappa shape index (κ2) is 5.19. The van der Waals surface area contributed by atoms with Gasteiger partial charge in [0.2, 0.25) is 5.13 Å². The van der Waals surface area contributed by atoms with E-state index in [4.69, 9.17) is 16.9 Å². The second-order valence-electron chi connectivity index (χ2n) is 4.09. The highest BCUT2D eigenvalue weighted by molar-refractivity contribution is 7.15. The number of rotatable bonds is 3. The van der Waals surface area contributed by atoms with Crippen LogP contribution in [0.15, 0.2) is 29.3 Å². The van der Waals surface area contributed by atoms with Crippen LogP contribution in [0.5, 0.6) is 0 Å². The van der Waals surface area contributed by atoms with Gasteiger partial charge >= 0.3 is 0 Å². The molecule has 2 aromatic rings. The summed E-state index contributed by atoms with van der Waals surface area (Å²) in [4.78, 5) is 9.74. The van der Waals surface area contributed by atoms with Gasteiger partial charge < -0.3 is 11.5 Å². The fourth-order valence-corrected chi connectivity index (χ4v) is 2.40. The number of benzene rings is 1. The molecule has 6 heteroatoms. The Morgan fingerprint density at radius 2 is 1.84 bits per heavy atom. The van der Waals surface area contributed by atoms with E-state index in [2.05, 4.69) is 9.98 Å². The third kappa shape index (κ3) is 2.79. The molecule has 5 N–H and O–H groups in total. The van der Waals surface area contributed by atoms with E-state index >= 15 is 0 Å². The van der Waals surface area contributed by atoms with Crippen molar-refractivity contribution >= 4 is 28.1 Å². The summed E-state index contributed by atoms with van der Waals surface area (Å²) < 4.78 is 0. The molecule has 1 aromatic heterocycles. The highest BCUT2D eigenvalue weighted by Gasteiger charge is 2.09. The number of aliphatic imine (C=N–C) groups is 1. The zero-order chi connectivity index (χ0) is 14.0. The first-order chi connectivity index (χ1) is 8.99. The van der Waals surface area contributed by atoms with Gasteiger partial charge in [0.25, 0.3) is 0 Å². The van der Waals surface area contributed by atoms with E-state index in [1.165, 1.54) is 11.3 Å². The predicted octanol–water partition coefficient (Wildman–Crippen LogP) is 2.08. The van der Waals surface area contributed by atoms with Crippen LogP contribution in [0.25, 0.3) is 0 Å². The standard InChI is InChI=1S/C13H15N5S/c1-7-8(2)19-13(17-7)18-12(16)10-6-4-3-5-9(10)11(14)15/h3-6H,1-2H3,(H3,14,15)(H2,16,17,18). The number of aromatic nitrogens is 1. The van der Waals surface area contributed by atoms with Gasteiger partial charge in [-0.25, -0.2) is 9.98 Å². The SMILES string of the molecule is Cc1nc(/N=C(\N)c2ccccc2C(=N)N)sc1C. The van der Waals surface area contributed by atoms with Crippen molar-refractivity contribution in [1.29, 1.82) is 5.41 Å². The lowest BCUT2D eigenvalue weighted by molar-refractivity contribution is 1.21. The first-order valence-corrected chi connectivity index (χ1v) is 6.52. The van der Waals surface area contributed by atoms with Crippen molar-refractivity contribution in [2.75, 3.05) is 0 Å². The van der Waals surface area contributed by atoms with Crippen LogP contribution >= 0.6 is 11.3 Å². The molecule has 0 saturated heterocycles. The monoisotopic (exact) mass is 273 g/mol. The predicted molar refractivity (Wildman–Crippen MR) is 79.4 cm³/mol.